The van der Waals surface area contributed by atoms with Crippen LogP contribution in [-0.4, -0.2) is 40.3 Å². The lowest BCUT2D eigenvalue weighted by Crippen LogP contribution is -2.56. The number of piperidine rings is 3. The van der Waals surface area contributed by atoms with Crippen LogP contribution in [0.4, 0.5) is 0 Å². The lowest BCUT2D eigenvalue weighted by Gasteiger charge is -2.45. The van der Waals surface area contributed by atoms with Gasteiger partial charge in [0.25, 0.3) is 5.91 Å². The van der Waals surface area contributed by atoms with Crippen LogP contribution < -0.4 is 5.32 Å². The van der Waals surface area contributed by atoms with Gasteiger partial charge in [0.15, 0.2) is 0 Å². The molecule has 0 aliphatic carbocycles. The Balaban J connectivity index is 1.57. The van der Waals surface area contributed by atoms with Gasteiger partial charge in [0.1, 0.15) is 0 Å². The molecule has 104 valence electrons. The van der Waals surface area contributed by atoms with Gasteiger partial charge in [-0.15, -0.1) is 0 Å². The number of aromatic amines is 1. The second-order valence-electron chi connectivity index (χ2n) is 5.84. The molecular weight excluding hydrogens is 252 g/mol. The summed E-state index contributed by atoms with van der Waals surface area (Å²) in [6.45, 7) is 2.23. The summed E-state index contributed by atoms with van der Waals surface area (Å²) in [4.78, 5) is 14.9. The number of carbonyl (C=O) groups excluding carboxylic acids is 1. The van der Waals surface area contributed by atoms with Crippen LogP contribution in [0.3, 0.4) is 0 Å². The average Bonchev–Trinajstić information content (AvgIpc) is 2.96. The molecular formula is C15H18N4O. The van der Waals surface area contributed by atoms with Crippen LogP contribution >= 0.6 is 0 Å². The van der Waals surface area contributed by atoms with Gasteiger partial charge >= 0.3 is 0 Å². The van der Waals surface area contributed by atoms with Crippen molar-refractivity contribution in [3.05, 3.63) is 30.0 Å². The van der Waals surface area contributed by atoms with Crippen molar-refractivity contribution in [3.63, 3.8) is 0 Å². The maximum Gasteiger partial charge on any atom is 0.254 e. The van der Waals surface area contributed by atoms with Gasteiger partial charge in [-0.1, -0.05) is 12.1 Å². The Bertz CT molecular complexity index is 642. The highest BCUT2D eigenvalue weighted by Gasteiger charge is 2.34. The molecule has 3 saturated heterocycles. The molecule has 5 heteroatoms. The molecule has 3 fully saturated rings. The third kappa shape index (κ3) is 1.89. The van der Waals surface area contributed by atoms with Gasteiger partial charge in [0, 0.05) is 18.5 Å². The first-order valence-corrected chi connectivity index (χ1v) is 7.28. The Kier molecular flexibility index (Phi) is 2.73. The van der Waals surface area contributed by atoms with E-state index in [-0.39, 0.29) is 12.1 Å². The van der Waals surface area contributed by atoms with E-state index in [0.29, 0.717) is 5.56 Å². The highest BCUT2D eigenvalue weighted by molar-refractivity contribution is 6.05. The van der Waals surface area contributed by atoms with E-state index in [9.17, 15) is 4.79 Å². The third-order valence-corrected chi connectivity index (χ3v) is 4.67. The molecule has 2 aromatic rings. The zero-order valence-corrected chi connectivity index (χ0v) is 11.3. The van der Waals surface area contributed by atoms with Crippen molar-refractivity contribution in [3.8, 4) is 0 Å². The SMILES string of the molecule is O=C(N[C@@H]1CC2CCN1CC2)c1cccc2cn[nH]c12. The molecule has 1 aromatic carbocycles. The number of aromatic nitrogens is 2. The van der Waals surface area contributed by atoms with Crippen molar-refractivity contribution in [2.75, 3.05) is 13.1 Å². The maximum atomic E-state index is 12.5. The van der Waals surface area contributed by atoms with Crippen LogP contribution in [0.15, 0.2) is 24.4 Å². The molecule has 0 spiro atoms. The lowest BCUT2D eigenvalue weighted by atomic mass is 9.86. The quantitative estimate of drug-likeness (QED) is 0.873. The van der Waals surface area contributed by atoms with Crippen molar-refractivity contribution in [1.82, 2.24) is 20.4 Å². The molecule has 5 nitrogen and oxygen atoms in total. The summed E-state index contributed by atoms with van der Waals surface area (Å²) in [6.07, 6.45) is 5.60. The first-order chi connectivity index (χ1) is 9.81. The van der Waals surface area contributed by atoms with Crippen LogP contribution in [-0.2, 0) is 0 Å². The van der Waals surface area contributed by atoms with Gasteiger partial charge in [-0.05, 0) is 31.2 Å². The van der Waals surface area contributed by atoms with Crippen molar-refractivity contribution in [2.24, 2.45) is 5.92 Å². The number of carbonyl (C=O) groups is 1. The van der Waals surface area contributed by atoms with Crippen molar-refractivity contribution < 1.29 is 4.79 Å². The van der Waals surface area contributed by atoms with Gasteiger partial charge in [-0.25, -0.2) is 0 Å². The molecule has 2 N–H and O–H groups in total. The summed E-state index contributed by atoms with van der Waals surface area (Å²) in [5.41, 5.74) is 1.50. The Morgan fingerprint density at radius 1 is 1.35 bits per heavy atom. The molecule has 3 aliphatic rings. The number of fused-ring (bicyclic) bond motifs is 4. The normalized spacial score (nSPS) is 28.7. The second kappa shape index (κ2) is 4.59. The summed E-state index contributed by atoms with van der Waals surface area (Å²) < 4.78 is 0. The molecule has 0 unspecified atom stereocenters. The highest BCUT2D eigenvalue weighted by atomic mass is 16.1. The van der Waals surface area contributed by atoms with E-state index in [1.54, 1.807) is 6.20 Å². The minimum atomic E-state index is -0.00241. The number of para-hydroxylation sites is 1. The molecule has 0 saturated carbocycles. The standard InChI is InChI=1S/C15H18N4O/c20-15(12-3-1-2-11-9-16-18-14(11)12)17-13-8-10-4-6-19(13)7-5-10/h1-3,9-10,13H,4-8H2,(H,16,18)(H,17,20)/t13-/m0/s1. The molecule has 4 heterocycles. The van der Waals surface area contributed by atoms with Gasteiger partial charge in [0.2, 0.25) is 0 Å². The van der Waals surface area contributed by atoms with Crippen molar-refractivity contribution in [1.29, 1.82) is 0 Å². The van der Waals surface area contributed by atoms with Gasteiger partial charge in [0.05, 0.1) is 23.4 Å². The Hall–Kier alpha value is -1.88. The highest BCUT2D eigenvalue weighted by Crippen LogP contribution is 2.30. The van der Waals surface area contributed by atoms with Crippen LogP contribution in [0.2, 0.25) is 0 Å². The number of H-pyrrole nitrogens is 1. The number of amides is 1. The van der Waals surface area contributed by atoms with E-state index >= 15 is 0 Å². The Labute approximate surface area is 117 Å². The summed E-state index contributed by atoms with van der Waals surface area (Å²) >= 11 is 0. The monoisotopic (exact) mass is 270 g/mol. The predicted octanol–water partition coefficient (Wildman–Crippen LogP) is 1.73. The van der Waals surface area contributed by atoms with E-state index < -0.39 is 0 Å². The zero-order chi connectivity index (χ0) is 13.5. The van der Waals surface area contributed by atoms with Crippen LogP contribution in [0, 0.1) is 5.92 Å². The minimum absolute atomic E-state index is 0.00241. The molecule has 1 aromatic heterocycles. The second-order valence-corrected chi connectivity index (χ2v) is 5.84. The number of hydrogen-bond donors (Lipinski definition) is 2. The smallest absolute Gasteiger partial charge is 0.254 e. The zero-order valence-electron chi connectivity index (χ0n) is 11.3. The van der Waals surface area contributed by atoms with Crippen molar-refractivity contribution in [2.45, 2.75) is 25.4 Å². The van der Waals surface area contributed by atoms with E-state index in [2.05, 4.69) is 20.4 Å². The number of benzene rings is 1. The van der Waals surface area contributed by atoms with Gasteiger partial charge in [-0.2, -0.15) is 5.10 Å². The summed E-state index contributed by atoms with van der Waals surface area (Å²) in [7, 11) is 0. The predicted molar refractivity (Wildman–Crippen MR) is 76.3 cm³/mol. The molecule has 20 heavy (non-hydrogen) atoms. The summed E-state index contributed by atoms with van der Waals surface area (Å²) in [5.74, 6) is 0.783. The topological polar surface area (TPSA) is 61.0 Å². The van der Waals surface area contributed by atoms with E-state index in [1.165, 1.54) is 12.8 Å². The molecule has 0 radical (unpaired) electrons. The fourth-order valence-corrected chi connectivity index (χ4v) is 3.50. The van der Waals surface area contributed by atoms with Crippen molar-refractivity contribution >= 4 is 16.8 Å². The largest absolute Gasteiger partial charge is 0.336 e. The van der Waals surface area contributed by atoms with Gasteiger partial charge in [-0.3, -0.25) is 14.8 Å². The first-order valence-electron chi connectivity index (χ1n) is 7.28. The number of nitrogens with one attached hydrogen (secondary N) is 2. The third-order valence-electron chi connectivity index (χ3n) is 4.67. The first kappa shape index (κ1) is 11.9. The van der Waals surface area contributed by atoms with E-state index in [0.717, 1.165) is 36.3 Å². The Morgan fingerprint density at radius 3 is 2.95 bits per heavy atom. The lowest BCUT2D eigenvalue weighted by molar-refractivity contribution is 0.0295. The number of hydrogen-bond acceptors (Lipinski definition) is 3. The summed E-state index contributed by atoms with van der Waals surface area (Å²) in [5, 5.41) is 11.1. The van der Waals surface area contributed by atoms with Crippen LogP contribution in [0.1, 0.15) is 29.6 Å². The fraction of sp³-hybridized carbons (Fsp3) is 0.467. The van der Waals surface area contributed by atoms with E-state index in [4.69, 9.17) is 0 Å². The average molecular weight is 270 g/mol. The number of rotatable bonds is 2. The molecule has 1 atom stereocenters. The summed E-state index contributed by atoms with van der Waals surface area (Å²) in [6, 6.07) is 5.72. The molecule has 5 rings (SSSR count). The number of nitrogens with zero attached hydrogens (tertiary/aromatic N) is 2. The van der Waals surface area contributed by atoms with E-state index in [1.807, 2.05) is 18.2 Å². The van der Waals surface area contributed by atoms with Gasteiger partial charge < -0.3 is 5.32 Å². The van der Waals surface area contributed by atoms with Crippen LogP contribution in [0.25, 0.3) is 10.9 Å². The molecule has 1 amide bonds. The molecule has 3 aliphatic heterocycles. The maximum absolute atomic E-state index is 12.5. The van der Waals surface area contributed by atoms with Crippen LogP contribution in [0.5, 0.6) is 0 Å². The fourth-order valence-electron chi connectivity index (χ4n) is 3.50. The molecule has 2 bridgehead atoms. The Morgan fingerprint density at radius 2 is 2.20 bits per heavy atom. The minimum Gasteiger partial charge on any atom is -0.336 e.